The van der Waals surface area contributed by atoms with Crippen LogP contribution in [0.2, 0.25) is 10.0 Å². The number of hydrogen-bond acceptors (Lipinski definition) is 2. The molecule has 1 aromatic heterocycles. The number of carbonyl (C=O) groups is 1. The second-order valence-corrected chi connectivity index (χ2v) is 4.19. The monoisotopic (exact) mass is 269 g/mol. The molecule has 0 atom stereocenters. The Morgan fingerprint density at radius 2 is 2.24 bits per heavy atom. The van der Waals surface area contributed by atoms with E-state index in [1.54, 1.807) is 24.5 Å². The minimum atomic E-state index is -0.261. The first-order valence-corrected chi connectivity index (χ1v) is 5.64. The molecule has 0 fully saturated rings. The highest BCUT2D eigenvalue weighted by Gasteiger charge is 2.10. The van der Waals surface area contributed by atoms with Crippen molar-refractivity contribution in [2.24, 2.45) is 0 Å². The minimum Gasteiger partial charge on any atom is -0.347 e. The van der Waals surface area contributed by atoms with Gasteiger partial charge in [0.15, 0.2) is 0 Å². The molecule has 88 valence electrons. The summed E-state index contributed by atoms with van der Waals surface area (Å²) in [5.74, 6) is 0.423. The maximum atomic E-state index is 11.8. The van der Waals surface area contributed by atoms with Gasteiger partial charge >= 0.3 is 0 Å². The number of rotatable bonds is 3. The van der Waals surface area contributed by atoms with E-state index >= 15 is 0 Å². The Morgan fingerprint density at radius 3 is 2.88 bits per heavy atom. The zero-order valence-corrected chi connectivity index (χ0v) is 10.2. The maximum absolute atomic E-state index is 11.8. The van der Waals surface area contributed by atoms with Crippen LogP contribution in [0.5, 0.6) is 0 Å². The average Bonchev–Trinajstić information content (AvgIpc) is 2.78. The topological polar surface area (TPSA) is 57.8 Å². The Bertz CT molecular complexity index is 526. The molecule has 0 radical (unpaired) electrons. The normalized spacial score (nSPS) is 10.2. The van der Waals surface area contributed by atoms with Gasteiger partial charge in [-0.3, -0.25) is 4.79 Å². The van der Waals surface area contributed by atoms with Crippen molar-refractivity contribution in [3.05, 3.63) is 52.0 Å². The lowest BCUT2D eigenvalue weighted by Gasteiger charge is -2.05. The summed E-state index contributed by atoms with van der Waals surface area (Å²) >= 11 is 11.7. The summed E-state index contributed by atoms with van der Waals surface area (Å²) in [5.41, 5.74) is 0.391. The average molecular weight is 270 g/mol. The minimum absolute atomic E-state index is 0.261. The number of halogens is 2. The van der Waals surface area contributed by atoms with Crippen LogP contribution in [0.15, 0.2) is 30.6 Å². The van der Waals surface area contributed by atoms with E-state index in [1.807, 2.05) is 0 Å². The van der Waals surface area contributed by atoms with Gasteiger partial charge in [0.25, 0.3) is 5.91 Å². The van der Waals surface area contributed by atoms with Crippen molar-refractivity contribution >= 4 is 29.1 Å². The third-order valence-electron chi connectivity index (χ3n) is 2.15. The summed E-state index contributed by atoms with van der Waals surface area (Å²) in [5, 5.41) is 3.53. The van der Waals surface area contributed by atoms with Crippen LogP contribution in [0.3, 0.4) is 0 Å². The zero-order valence-electron chi connectivity index (χ0n) is 8.71. The third kappa shape index (κ3) is 2.99. The van der Waals surface area contributed by atoms with Gasteiger partial charge in [0.1, 0.15) is 5.82 Å². The van der Waals surface area contributed by atoms with Crippen molar-refractivity contribution in [3.8, 4) is 0 Å². The number of benzene rings is 1. The number of carbonyl (C=O) groups excluding carboxylic acids is 1. The molecule has 1 aromatic carbocycles. The van der Waals surface area contributed by atoms with Gasteiger partial charge in [0.05, 0.1) is 17.1 Å². The number of nitrogens with zero attached hydrogens (tertiary/aromatic N) is 1. The molecule has 1 amide bonds. The molecule has 0 bridgehead atoms. The van der Waals surface area contributed by atoms with Gasteiger partial charge in [-0.05, 0) is 18.2 Å². The second kappa shape index (κ2) is 5.21. The molecule has 6 heteroatoms. The first-order valence-electron chi connectivity index (χ1n) is 4.88. The molecule has 17 heavy (non-hydrogen) atoms. The van der Waals surface area contributed by atoms with Crippen LogP contribution in [0.25, 0.3) is 0 Å². The van der Waals surface area contributed by atoms with E-state index in [9.17, 15) is 4.79 Å². The molecule has 4 nitrogen and oxygen atoms in total. The van der Waals surface area contributed by atoms with Crippen molar-refractivity contribution in [3.63, 3.8) is 0 Å². The molecule has 1 heterocycles. The van der Waals surface area contributed by atoms with Crippen LogP contribution in [0.4, 0.5) is 0 Å². The molecule has 2 rings (SSSR count). The highest BCUT2D eigenvalue weighted by atomic mass is 35.5. The second-order valence-electron chi connectivity index (χ2n) is 3.34. The fraction of sp³-hybridized carbons (Fsp3) is 0.0909. The van der Waals surface area contributed by atoms with Crippen LogP contribution in [-0.2, 0) is 6.54 Å². The quantitative estimate of drug-likeness (QED) is 0.900. The fourth-order valence-electron chi connectivity index (χ4n) is 1.33. The van der Waals surface area contributed by atoms with E-state index < -0.39 is 0 Å². The Labute approximate surface area is 108 Å². The summed E-state index contributed by atoms with van der Waals surface area (Å²) in [6.45, 7) is 0.324. The fourth-order valence-corrected chi connectivity index (χ4v) is 1.82. The van der Waals surface area contributed by atoms with Gasteiger partial charge in [-0.25, -0.2) is 4.98 Å². The van der Waals surface area contributed by atoms with Crippen molar-refractivity contribution < 1.29 is 4.79 Å². The molecule has 0 saturated heterocycles. The summed E-state index contributed by atoms with van der Waals surface area (Å²) in [4.78, 5) is 18.7. The van der Waals surface area contributed by atoms with Gasteiger partial charge in [-0.1, -0.05) is 23.2 Å². The number of H-pyrrole nitrogens is 1. The molecule has 0 aliphatic carbocycles. The maximum Gasteiger partial charge on any atom is 0.253 e. The molecule has 0 spiro atoms. The molecule has 0 aliphatic rings. The van der Waals surface area contributed by atoms with Crippen LogP contribution < -0.4 is 5.32 Å². The zero-order chi connectivity index (χ0) is 12.3. The van der Waals surface area contributed by atoms with Gasteiger partial charge in [0.2, 0.25) is 0 Å². The van der Waals surface area contributed by atoms with E-state index in [0.29, 0.717) is 28.0 Å². The highest BCUT2D eigenvalue weighted by Crippen LogP contribution is 2.20. The van der Waals surface area contributed by atoms with Crippen molar-refractivity contribution in [1.29, 1.82) is 0 Å². The lowest BCUT2D eigenvalue weighted by molar-refractivity contribution is 0.0950. The summed E-state index contributed by atoms with van der Waals surface area (Å²) in [6, 6.07) is 4.74. The lowest BCUT2D eigenvalue weighted by atomic mass is 10.2. The number of amides is 1. The standard InChI is InChI=1S/C11H9Cl2N3O/c12-7-1-2-8(9(13)5-7)11(17)16-6-10-14-3-4-15-10/h1-5H,6H2,(H,14,15)(H,16,17). The molecule has 2 aromatic rings. The Hall–Kier alpha value is -1.52. The highest BCUT2D eigenvalue weighted by molar-refractivity contribution is 6.36. The van der Waals surface area contributed by atoms with Gasteiger partial charge in [-0.2, -0.15) is 0 Å². The van der Waals surface area contributed by atoms with Crippen LogP contribution in [0, 0.1) is 0 Å². The number of hydrogen-bond donors (Lipinski definition) is 2. The molecular formula is C11H9Cl2N3O. The first-order chi connectivity index (χ1) is 8.16. The first kappa shape index (κ1) is 12.0. The van der Waals surface area contributed by atoms with Crippen molar-refractivity contribution in [2.45, 2.75) is 6.54 Å². The molecular weight excluding hydrogens is 261 g/mol. The Balaban J connectivity index is 2.04. The third-order valence-corrected chi connectivity index (χ3v) is 2.69. The van der Waals surface area contributed by atoms with E-state index in [4.69, 9.17) is 23.2 Å². The van der Waals surface area contributed by atoms with E-state index in [0.717, 1.165) is 0 Å². The van der Waals surface area contributed by atoms with Crippen LogP contribution >= 0.6 is 23.2 Å². The van der Waals surface area contributed by atoms with Gasteiger partial charge < -0.3 is 10.3 Å². The summed E-state index contributed by atoms with van der Waals surface area (Å²) < 4.78 is 0. The van der Waals surface area contributed by atoms with Gasteiger partial charge in [-0.15, -0.1) is 0 Å². The predicted molar refractivity (Wildman–Crippen MR) is 66.2 cm³/mol. The molecule has 0 aliphatic heterocycles. The number of aromatic amines is 1. The molecule has 0 saturated carbocycles. The summed E-state index contributed by atoms with van der Waals surface area (Å²) in [7, 11) is 0. The SMILES string of the molecule is O=C(NCc1ncc[nH]1)c1ccc(Cl)cc1Cl. The van der Waals surface area contributed by atoms with Crippen molar-refractivity contribution in [2.75, 3.05) is 0 Å². The summed E-state index contributed by atoms with van der Waals surface area (Å²) in [6.07, 6.45) is 3.31. The molecule has 0 unspecified atom stereocenters. The number of nitrogens with one attached hydrogen (secondary N) is 2. The van der Waals surface area contributed by atoms with Crippen molar-refractivity contribution in [1.82, 2.24) is 15.3 Å². The van der Waals surface area contributed by atoms with E-state index in [1.165, 1.54) is 6.07 Å². The smallest absolute Gasteiger partial charge is 0.253 e. The lowest BCUT2D eigenvalue weighted by Crippen LogP contribution is -2.23. The predicted octanol–water partition coefficient (Wildman–Crippen LogP) is 2.65. The number of imidazole rings is 1. The van der Waals surface area contributed by atoms with Crippen LogP contribution in [0.1, 0.15) is 16.2 Å². The largest absolute Gasteiger partial charge is 0.347 e. The van der Waals surface area contributed by atoms with E-state index in [2.05, 4.69) is 15.3 Å². The Morgan fingerprint density at radius 1 is 1.41 bits per heavy atom. The van der Waals surface area contributed by atoms with Gasteiger partial charge in [0, 0.05) is 17.4 Å². The molecule has 2 N–H and O–H groups in total. The van der Waals surface area contributed by atoms with E-state index in [-0.39, 0.29) is 5.91 Å². The Kier molecular flexibility index (Phi) is 3.66. The number of aromatic nitrogens is 2. The van der Waals surface area contributed by atoms with Crippen LogP contribution in [-0.4, -0.2) is 15.9 Å².